The monoisotopic (exact) mass is 478 g/mol. The number of methoxy groups -OCH3 is 1. The third-order valence-corrected chi connectivity index (χ3v) is 7.10. The average molecular weight is 479 g/mol. The number of piperazine rings is 1. The number of rotatable bonds is 6. The van der Waals surface area contributed by atoms with Crippen LogP contribution in [-0.2, 0) is 9.53 Å². The van der Waals surface area contributed by atoms with E-state index in [0.29, 0.717) is 24.1 Å². The van der Waals surface area contributed by atoms with Crippen LogP contribution in [0.25, 0.3) is 10.8 Å². The van der Waals surface area contributed by atoms with E-state index in [9.17, 15) is 4.79 Å². The molecular formula is C26H34N6O3. The van der Waals surface area contributed by atoms with Crippen LogP contribution in [0.3, 0.4) is 0 Å². The largest absolute Gasteiger partial charge is 0.497 e. The Kier molecular flexibility index (Phi) is 6.90. The molecule has 3 aliphatic heterocycles. The number of nitrogens with zero attached hydrogens (tertiary/aromatic N) is 4. The number of anilines is 1. The highest BCUT2D eigenvalue weighted by Gasteiger charge is 2.34. The number of benzene rings is 2. The minimum absolute atomic E-state index is 0.319. The Morgan fingerprint density at radius 1 is 1.20 bits per heavy atom. The molecule has 0 aliphatic carbocycles. The first-order valence-corrected chi connectivity index (χ1v) is 12.3. The van der Waals surface area contributed by atoms with Gasteiger partial charge in [0.1, 0.15) is 17.3 Å². The molecule has 0 saturated carbocycles. The minimum Gasteiger partial charge on any atom is -0.497 e. The first-order valence-electron chi connectivity index (χ1n) is 12.3. The van der Waals surface area contributed by atoms with Gasteiger partial charge in [-0.05, 0) is 37.9 Å². The molecule has 1 amide bonds. The van der Waals surface area contributed by atoms with Crippen LogP contribution in [0.4, 0.5) is 5.69 Å². The van der Waals surface area contributed by atoms with Crippen molar-refractivity contribution in [2.45, 2.75) is 25.2 Å². The fourth-order valence-corrected chi connectivity index (χ4v) is 5.10. The highest BCUT2D eigenvalue weighted by atomic mass is 16.5. The average Bonchev–Trinajstić information content (AvgIpc) is 3.31. The molecule has 0 bridgehead atoms. The van der Waals surface area contributed by atoms with Crippen molar-refractivity contribution in [3.05, 3.63) is 48.2 Å². The number of fused-ring (bicyclic) bond motifs is 1. The summed E-state index contributed by atoms with van der Waals surface area (Å²) in [5.74, 6) is 0.897. The van der Waals surface area contributed by atoms with Crippen LogP contribution < -0.4 is 20.7 Å². The highest BCUT2D eigenvalue weighted by Crippen LogP contribution is 2.37. The van der Waals surface area contributed by atoms with E-state index in [1.165, 1.54) is 0 Å². The Hall–Kier alpha value is -3.14. The van der Waals surface area contributed by atoms with Gasteiger partial charge in [-0.1, -0.05) is 24.3 Å². The summed E-state index contributed by atoms with van der Waals surface area (Å²) in [4.78, 5) is 24.2. The number of amidine groups is 1. The molecule has 9 heteroatoms. The Bertz CT molecular complexity index is 1140. The van der Waals surface area contributed by atoms with E-state index in [2.05, 4.69) is 22.2 Å². The van der Waals surface area contributed by atoms with Gasteiger partial charge in [0.2, 0.25) is 6.35 Å². The molecule has 2 fully saturated rings. The molecule has 5 rings (SSSR count). The topological polar surface area (TPSA) is 95.7 Å². The van der Waals surface area contributed by atoms with Crippen molar-refractivity contribution < 1.29 is 14.3 Å². The van der Waals surface area contributed by atoms with Crippen molar-refractivity contribution in [1.82, 2.24) is 15.1 Å². The fraction of sp³-hybridized carbons (Fsp3) is 0.462. The van der Waals surface area contributed by atoms with Crippen molar-refractivity contribution in [2.75, 3.05) is 58.4 Å². The van der Waals surface area contributed by atoms with Crippen LogP contribution in [0.5, 0.6) is 5.75 Å². The number of hydrogen-bond acceptors (Lipinski definition) is 8. The molecule has 2 atom stereocenters. The fourth-order valence-electron chi connectivity index (χ4n) is 5.10. The molecule has 0 radical (unpaired) electrons. The lowest BCUT2D eigenvalue weighted by Gasteiger charge is -2.39. The molecule has 2 aromatic carbocycles. The summed E-state index contributed by atoms with van der Waals surface area (Å²) in [5, 5.41) is 5.33. The van der Waals surface area contributed by atoms with Crippen molar-refractivity contribution in [3.8, 4) is 5.75 Å². The zero-order valence-corrected chi connectivity index (χ0v) is 20.4. The van der Waals surface area contributed by atoms with E-state index in [-0.39, 0.29) is 0 Å². The number of carbonyl (C=O) groups excluding carboxylic acids is 1. The number of aliphatic imine (C=N–C) groups is 1. The van der Waals surface area contributed by atoms with Gasteiger partial charge in [-0.3, -0.25) is 9.69 Å². The van der Waals surface area contributed by atoms with Crippen LogP contribution in [-0.4, -0.2) is 87.4 Å². The van der Waals surface area contributed by atoms with Crippen molar-refractivity contribution >= 4 is 28.2 Å². The Morgan fingerprint density at radius 2 is 2.00 bits per heavy atom. The molecule has 1 unspecified atom stereocenters. The van der Waals surface area contributed by atoms with E-state index in [0.717, 1.165) is 67.9 Å². The quantitative estimate of drug-likeness (QED) is 0.653. The molecular weight excluding hydrogens is 444 g/mol. The van der Waals surface area contributed by atoms with E-state index in [1.54, 1.807) is 13.2 Å². The van der Waals surface area contributed by atoms with Crippen LogP contribution in [0.2, 0.25) is 0 Å². The minimum atomic E-state index is -0.725. The zero-order chi connectivity index (χ0) is 24.4. The van der Waals surface area contributed by atoms with Gasteiger partial charge in [0.25, 0.3) is 5.91 Å². The molecule has 3 heterocycles. The second-order valence-electron chi connectivity index (χ2n) is 9.29. The predicted molar refractivity (Wildman–Crippen MR) is 138 cm³/mol. The zero-order valence-electron chi connectivity index (χ0n) is 20.4. The summed E-state index contributed by atoms with van der Waals surface area (Å²) < 4.78 is 12.1. The van der Waals surface area contributed by atoms with E-state index >= 15 is 0 Å². The van der Waals surface area contributed by atoms with Gasteiger partial charge in [-0.2, -0.15) is 0 Å². The predicted octanol–water partition coefficient (Wildman–Crippen LogP) is 1.74. The first kappa shape index (κ1) is 23.6. The van der Waals surface area contributed by atoms with Gasteiger partial charge < -0.3 is 30.3 Å². The van der Waals surface area contributed by atoms with Crippen LogP contribution >= 0.6 is 0 Å². The first-order chi connectivity index (χ1) is 17.0. The maximum Gasteiger partial charge on any atom is 0.265 e. The number of likely N-dealkylation sites (N-methyl/N-ethyl adjacent to an activating group) is 1. The van der Waals surface area contributed by atoms with Gasteiger partial charge in [-0.15, -0.1) is 0 Å². The van der Waals surface area contributed by atoms with Crippen LogP contribution in [0.1, 0.15) is 12.8 Å². The van der Waals surface area contributed by atoms with Gasteiger partial charge in [0.15, 0.2) is 0 Å². The number of nitrogens with one attached hydrogen (secondary N) is 1. The van der Waals surface area contributed by atoms with E-state index < -0.39 is 12.3 Å². The maximum atomic E-state index is 12.8. The lowest BCUT2D eigenvalue weighted by molar-refractivity contribution is -0.115. The third kappa shape index (κ3) is 4.84. The molecule has 35 heavy (non-hydrogen) atoms. The summed E-state index contributed by atoms with van der Waals surface area (Å²) in [5.41, 5.74) is 7.11. The molecule has 0 spiro atoms. The lowest BCUT2D eigenvalue weighted by Crippen LogP contribution is -2.51. The number of nitrogens with two attached hydrogens (primary N) is 1. The number of ether oxygens (including phenoxy) is 2. The van der Waals surface area contributed by atoms with Crippen LogP contribution in [0.15, 0.2) is 53.2 Å². The molecule has 3 aliphatic rings. The molecule has 186 valence electrons. The number of likely N-dealkylation sites (tertiary alicyclic amines) is 1. The number of hydrogen-bond donors (Lipinski definition) is 2. The van der Waals surface area contributed by atoms with E-state index in [1.807, 2.05) is 41.3 Å². The number of amides is 1. The maximum absolute atomic E-state index is 12.8. The van der Waals surface area contributed by atoms with Gasteiger partial charge >= 0.3 is 0 Å². The van der Waals surface area contributed by atoms with E-state index in [4.69, 9.17) is 20.2 Å². The van der Waals surface area contributed by atoms with Crippen LogP contribution in [0, 0.1) is 0 Å². The summed E-state index contributed by atoms with van der Waals surface area (Å²) in [6, 6.07) is 12.2. The number of carbonyl (C=O) groups is 1. The molecule has 9 nitrogen and oxygen atoms in total. The van der Waals surface area contributed by atoms with Gasteiger partial charge in [-0.25, -0.2) is 4.99 Å². The normalized spacial score (nSPS) is 23.4. The summed E-state index contributed by atoms with van der Waals surface area (Å²) >= 11 is 0. The molecule has 2 aromatic rings. The highest BCUT2D eigenvalue weighted by molar-refractivity contribution is 6.08. The summed E-state index contributed by atoms with van der Waals surface area (Å²) in [6.07, 6.45) is 3.31. The Balaban J connectivity index is 1.59. The standard InChI is InChI=1S/C26H34N6O3/c1-30-11-5-7-19(30)17-35-26-29-24(31-12-9-28-10-13-31)16-23(25(27)33)32(26)22-15-20(34-2)14-18-6-3-4-8-21(18)22/h3-4,6,8,14-16,19,26,28H,5,7,9-13,17H2,1-2H3,(H2,27,33)/t19-,26?/m0/s1. The number of primary amides is 1. The summed E-state index contributed by atoms with van der Waals surface area (Å²) in [6.45, 7) is 4.92. The van der Waals surface area contributed by atoms with Crippen molar-refractivity contribution in [2.24, 2.45) is 10.7 Å². The van der Waals surface area contributed by atoms with Crippen molar-refractivity contribution in [1.29, 1.82) is 0 Å². The summed E-state index contributed by atoms with van der Waals surface area (Å²) in [7, 11) is 3.76. The third-order valence-electron chi connectivity index (χ3n) is 7.10. The molecule has 3 N–H and O–H groups in total. The second-order valence-corrected chi connectivity index (χ2v) is 9.29. The van der Waals surface area contributed by atoms with Gasteiger partial charge in [0, 0.05) is 49.7 Å². The second kappa shape index (κ2) is 10.2. The smallest absolute Gasteiger partial charge is 0.265 e. The van der Waals surface area contributed by atoms with Crippen molar-refractivity contribution in [3.63, 3.8) is 0 Å². The Morgan fingerprint density at radius 3 is 2.71 bits per heavy atom. The lowest BCUT2D eigenvalue weighted by atomic mass is 10.1. The molecule has 2 saturated heterocycles. The SMILES string of the molecule is COc1cc(N2C(C(N)=O)=CC(N3CCNCC3)=NC2OC[C@@H]2CCCN2C)c2ccccc2c1. The Labute approximate surface area is 206 Å². The molecule has 0 aromatic heterocycles. The van der Waals surface area contributed by atoms with Gasteiger partial charge in [0.05, 0.1) is 19.4 Å².